The number of hydrogen-bond acceptors (Lipinski definition) is 37. The fraction of sp³-hybridized carbons (Fsp3) is 0.395. The van der Waals surface area contributed by atoms with Crippen LogP contribution in [0.4, 0.5) is 0 Å². The maximum atomic E-state index is 15.3. The maximum Gasteiger partial charge on any atom is 0.344 e. The zero-order valence-corrected chi connectivity index (χ0v) is 68.2. The van der Waals surface area contributed by atoms with Crippen molar-refractivity contribution in [3.63, 3.8) is 0 Å². The van der Waals surface area contributed by atoms with Crippen LogP contribution in [0.2, 0.25) is 0 Å². The van der Waals surface area contributed by atoms with E-state index in [0.717, 1.165) is 40.5 Å². The van der Waals surface area contributed by atoms with Gasteiger partial charge >= 0.3 is 23.9 Å². The van der Waals surface area contributed by atoms with Gasteiger partial charge in [-0.3, -0.25) is 0 Å². The highest BCUT2D eigenvalue weighted by Crippen LogP contribution is 2.52. The van der Waals surface area contributed by atoms with Crippen LogP contribution in [0.15, 0.2) is 164 Å². The van der Waals surface area contributed by atoms with Gasteiger partial charge in [-0.2, -0.15) is 0 Å². The van der Waals surface area contributed by atoms with Crippen molar-refractivity contribution in [2.24, 2.45) is 0 Å². The first kappa shape index (κ1) is 93.8. The standard InChI is InChI=1S/C86H98O37/c1-97-28-30-104-50-115-74-60(106-41-52-20-12-8-13-21-52)32-56(33-61(74)107-42-53-22-14-9-15-23-53)81(93)120-77-67(39-87)118-85(71(91)69(77)89)122-83(95)58-36-64(110-45-99-3)76(112-47-101-5)66(37-58)117-73-59(38-65(111-46-100-4)79(113-48-102-6)80(73)114-49-103-7)84(96)123-86-72(92)70(90)78(68(40-88)119-86)121-82(94)57-34-62(108-43-54-24-16-10-17-25-54)75(116-51-105-31-29-98-2)63(35-57)109-44-55-26-18-11-19-27-55/h8-27,32-38,67-72,77-78,85-92H,28-31,39-51H2,1-7H3/t67-,68-,69-,70-,71-,72-,77-,78-,85+,86+/m1/s1. The maximum absolute atomic E-state index is 15.3. The quantitative estimate of drug-likeness (QED) is 0.00938. The lowest BCUT2D eigenvalue weighted by molar-refractivity contribution is -0.284. The van der Waals surface area contributed by atoms with E-state index >= 15 is 4.79 Å². The van der Waals surface area contributed by atoms with E-state index in [1.165, 1.54) is 74.0 Å². The second kappa shape index (κ2) is 49.0. The molecule has 37 heteroatoms. The zero-order valence-electron chi connectivity index (χ0n) is 68.2. The number of methoxy groups -OCH3 is 7. The Morgan fingerprint density at radius 3 is 0.959 bits per heavy atom. The lowest BCUT2D eigenvalue weighted by atomic mass is 9.98. The Hall–Kier alpha value is -11.4. The smallest absolute Gasteiger partial charge is 0.344 e. The van der Waals surface area contributed by atoms with Crippen LogP contribution < -0.4 is 56.8 Å². The Morgan fingerprint density at radius 1 is 0.301 bits per heavy atom. The van der Waals surface area contributed by atoms with Crippen molar-refractivity contribution in [3.8, 4) is 74.7 Å². The van der Waals surface area contributed by atoms with Crippen LogP contribution in [0, 0.1) is 0 Å². The van der Waals surface area contributed by atoms with Crippen molar-refractivity contribution in [2.75, 3.05) is 137 Å². The fourth-order valence-corrected chi connectivity index (χ4v) is 11.9. The molecule has 0 aliphatic carbocycles. The summed E-state index contributed by atoms with van der Waals surface area (Å²) in [6.45, 7) is -4.81. The Morgan fingerprint density at radius 2 is 0.602 bits per heavy atom. The van der Waals surface area contributed by atoms with Crippen LogP contribution in [0.5, 0.6) is 74.7 Å². The third kappa shape index (κ3) is 26.3. The number of rotatable bonds is 51. The van der Waals surface area contributed by atoms with Crippen LogP contribution in [0.3, 0.4) is 0 Å². The number of aliphatic hydroxyl groups excluding tert-OH is 6. The summed E-state index contributed by atoms with van der Waals surface area (Å²) in [7, 11) is 9.33. The summed E-state index contributed by atoms with van der Waals surface area (Å²) in [5.41, 5.74) is 1.22. The molecule has 2 aliphatic rings. The number of hydrogen-bond donors (Lipinski definition) is 6. The SMILES string of the molecule is COCCOCOc1c(OCc2ccccc2)cc(C(=O)O[C@H]2[C@H](O)[C@@H](O)[C@H](OC(=O)c3cc(OCOC)c(OCOC)c(Oc4c(C(=O)O[C@@H]5O[C@H](CO)[C@@H](OC(=O)c6cc(OCc7ccccc7)c(OCOCCOC)c(OCc7ccccc7)c6)[C@H](O)[C@H]5O)cc(OCOC)c(OCOC)c4OCOC)c3)O[C@@H]2CO)cc1OCc1ccccc1. The predicted molar refractivity (Wildman–Crippen MR) is 423 cm³/mol. The van der Waals surface area contributed by atoms with E-state index in [2.05, 4.69) is 0 Å². The number of carbonyl (C=O) groups is 4. The van der Waals surface area contributed by atoms with Crippen LogP contribution in [-0.4, -0.2) is 253 Å². The second-order valence-electron chi connectivity index (χ2n) is 26.6. The average Bonchev–Trinajstić information content (AvgIpc) is 0.725. The molecule has 37 nitrogen and oxygen atoms in total. The molecule has 0 saturated carbocycles. The molecule has 2 heterocycles. The first-order chi connectivity index (χ1) is 60.0. The molecule has 0 amide bonds. The third-order valence-corrected chi connectivity index (χ3v) is 17.9. The van der Waals surface area contributed by atoms with Gasteiger partial charge in [-0.05, 0) is 58.7 Å². The summed E-state index contributed by atoms with van der Waals surface area (Å²) in [4.78, 5) is 59.4. The van der Waals surface area contributed by atoms with Crippen LogP contribution >= 0.6 is 0 Å². The number of aliphatic hydroxyl groups is 6. The molecule has 0 aromatic heterocycles. The molecule has 664 valence electrons. The Bertz CT molecular complexity index is 4450. The lowest BCUT2D eigenvalue weighted by Gasteiger charge is -2.40. The number of benzene rings is 8. The van der Waals surface area contributed by atoms with Crippen molar-refractivity contribution in [1.29, 1.82) is 0 Å². The molecule has 10 atom stereocenters. The second-order valence-corrected chi connectivity index (χ2v) is 26.6. The van der Waals surface area contributed by atoms with E-state index in [1.807, 2.05) is 97.1 Å². The minimum atomic E-state index is -2.31. The van der Waals surface area contributed by atoms with Gasteiger partial charge < -0.3 is 159 Å². The van der Waals surface area contributed by atoms with Crippen molar-refractivity contribution < 1.29 is 178 Å². The van der Waals surface area contributed by atoms with Gasteiger partial charge in [-0.25, -0.2) is 19.2 Å². The first-order valence-corrected chi connectivity index (χ1v) is 38.1. The molecule has 8 aromatic rings. The van der Waals surface area contributed by atoms with Gasteiger partial charge in [-0.15, -0.1) is 0 Å². The third-order valence-electron chi connectivity index (χ3n) is 17.9. The van der Waals surface area contributed by atoms with E-state index < -0.39 is 167 Å². The molecule has 2 aliphatic heterocycles. The summed E-state index contributed by atoms with van der Waals surface area (Å²) in [6.07, 6.45) is -20.6. The highest BCUT2D eigenvalue weighted by atomic mass is 16.8. The van der Waals surface area contributed by atoms with Crippen LogP contribution in [-0.2, 0) is 97.5 Å². The fourth-order valence-electron chi connectivity index (χ4n) is 11.9. The summed E-state index contributed by atoms with van der Waals surface area (Å²) >= 11 is 0. The molecule has 2 saturated heterocycles. The molecule has 123 heavy (non-hydrogen) atoms. The van der Waals surface area contributed by atoms with Gasteiger partial charge in [0.05, 0.1) is 56.3 Å². The number of ether oxygens (including phenoxy) is 27. The molecule has 0 bridgehead atoms. The molecule has 10 rings (SSSR count). The summed E-state index contributed by atoms with van der Waals surface area (Å²) < 4.78 is 157. The van der Waals surface area contributed by atoms with Gasteiger partial charge in [0.15, 0.2) is 106 Å². The van der Waals surface area contributed by atoms with Gasteiger partial charge in [0, 0.05) is 55.8 Å². The number of carbonyl (C=O) groups excluding carboxylic acids is 4. The van der Waals surface area contributed by atoms with E-state index in [-0.39, 0.29) is 129 Å². The van der Waals surface area contributed by atoms with Gasteiger partial charge in [0.1, 0.15) is 68.6 Å². The highest BCUT2D eigenvalue weighted by molar-refractivity contribution is 5.96. The topological polar surface area (TPSA) is 439 Å². The predicted octanol–water partition coefficient (Wildman–Crippen LogP) is 7.35. The van der Waals surface area contributed by atoms with Gasteiger partial charge in [0.2, 0.25) is 41.3 Å². The largest absolute Gasteiger partial charge is 0.485 e. The Kier molecular flexibility index (Phi) is 37.4. The van der Waals surface area contributed by atoms with Crippen molar-refractivity contribution in [3.05, 3.63) is 208 Å². The molecule has 0 radical (unpaired) electrons. The lowest BCUT2D eigenvalue weighted by Crippen LogP contribution is -2.60. The summed E-state index contributed by atoms with van der Waals surface area (Å²) in [6, 6.07) is 44.4. The van der Waals surface area contributed by atoms with E-state index in [0.29, 0.717) is 0 Å². The van der Waals surface area contributed by atoms with Gasteiger partial charge in [-0.1, -0.05) is 121 Å². The van der Waals surface area contributed by atoms with Crippen LogP contribution in [0.25, 0.3) is 0 Å². The van der Waals surface area contributed by atoms with Crippen molar-refractivity contribution >= 4 is 23.9 Å². The zero-order chi connectivity index (χ0) is 87.4. The molecular weight excluding hydrogens is 1620 g/mol. The van der Waals surface area contributed by atoms with E-state index in [1.54, 1.807) is 24.3 Å². The Labute approximate surface area is 706 Å². The monoisotopic (exact) mass is 1720 g/mol. The van der Waals surface area contributed by atoms with Crippen molar-refractivity contribution in [1.82, 2.24) is 0 Å². The first-order valence-electron chi connectivity index (χ1n) is 38.1. The summed E-state index contributed by atoms with van der Waals surface area (Å²) in [5, 5.41) is 69.6. The summed E-state index contributed by atoms with van der Waals surface area (Å²) in [5.74, 6) is -8.53. The Balaban J connectivity index is 0.945. The minimum Gasteiger partial charge on any atom is -0.485 e. The molecule has 0 unspecified atom stereocenters. The molecule has 6 N–H and O–H groups in total. The van der Waals surface area contributed by atoms with Gasteiger partial charge in [0.25, 0.3) is 0 Å². The molecule has 8 aromatic carbocycles. The van der Waals surface area contributed by atoms with E-state index in [9.17, 15) is 45.0 Å². The normalized spacial score (nSPS) is 18.5. The molecule has 0 spiro atoms. The highest BCUT2D eigenvalue weighted by Gasteiger charge is 2.51. The molecule has 2 fully saturated rings. The number of esters is 4. The van der Waals surface area contributed by atoms with Crippen molar-refractivity contribution in [2.45, 2.75) is 87.8 Å². The minimum absolute atomic E-state index is 0.00608. The molecular formula is C86H98O37. The average molecular weight is 1720 g/mol. The van der Waals surface area contributed by atoms with E-state index in [4.69, 9.17) is 128 Å². The van der Waals surface area contributed by atoms with Crippen LogP contribution in [0.1, 0.15) is 63.7 Å².